The molecule has 1 N–H and O–H groups in total. The first-order valence-corrected chi connectivity index (χ1v) is 10.4. The zero-order valence-electron chi connectivity index (χ0n) is 16.1. The summed E-state index contributed by atoms with van der Waals surface area (Å²) in [6.45, 7) is 4.09. The number of hydrogen-bond donors (Lipinski definition) is 1. The quantitative estimate of drug-likeness (QED) is 0.725. The summed E-state index contributed by atoms with van der Waals surface area (Å²) in [7, 11) is 1.64. The van der Waals surface area contributed by atoms with E-state index < -0.39 is 0 Å². The summed E-state index contributed by atoms with van der Waals surface area (Å²) >= 11 is 1.31. The molecule has 0 spiro atoms. The molecular weight excluding hydrogens is 362 g/mol. The molecule has 0 saturated heterocycles. The molecule has 1 aliphatic carbocycles. The van der Waals surface area contributed by atoms with Gasteiger partial charge >= 0.3 is 0 Å². The lowest BCUT2D eigenvalue weighted by Crippen LogP contribution is -2.44. The summed E-state index contributed by atoms with van der Waals surface area (Å²) in [5.41, 5.74) is 1.06. The monoisotopic (exact) mass is 389 g/mol. The summed E-state index contributed by atoms with van der Waals surface area (Å²) < 4.78 is 10.9. The van der Waals surface area contributed by atoms with Gasteiger partial charge in [0.15, 0.2) is 0 Å². The van der Waals surface area contributed by atoms with Crippen molar-refractivity contribution < 1.29 is 13.9 Å². The summed E-state index contributed by atoms with van der Waals surface area (Å²) in [6, 6.07) is 8.02. The Kier molecular flexibility index (Phi) is 6.77. The van der Waals surface area contributed by atoms with Crippen molar-refractivity contribution in [1.82, 2.24) is 15.5 Å². The first kappa shape index (κ1) is 19.7. The second-order valence-electron chi connectivity index (χ2n) is 7.12. The molecule has 0 radical (unpaired) electrons. The Hall–Kier alpha value is -2.02. The molecule has 2 aromatic rings. The minimum atomic E-state index is -0.270. The summed E-state index contributed by atoms with van der Waals surface area (Å²) in [5.74, 6) is 1.93. The van der Waals surface area contributed by atoms with Crippen LogP contribution < -0.4 is 10.1 Å². The molecule has 1 aromatic heterocycles. The standard InChI is InChI=1S/C20H27N3O3S/c1-13-6-4-5-7-17(13)21-19(24)14(2)27-20-23-22-18(26-20)12-15-8-10-16(25-3)11-9-15/h8-11,13-14,17H,4-7,12H2,1-3H3,(H,21,24). The van der Waals surface area contributed by atoms with E-state index in [0.29, 0.717) is 23.5 Å². The molecule has 1 heterocycles. The van der Waals surface area contributed by atoms with Crippen LogP contribution in [-0.2, 0) is 11.2 Å². The van der Waals surface area contributed by atoms with Crippen LogP contribution in [0.1, 0.15) is 51.0 Å². The van der Waals surface area contributed by atoms with Crippen LogP contribution in [0.25, 0.3) is 0 Å². The first-order valence-electron chi connectivity index (χ1n) is 9.47. The molecule has 1 aliphatic rings. The van der Waals surface area contributed by atoms with Gasteiger partial charge in [0.2, 0.25) is 11.8 Å². The van der Waals surface area contributed by atoms with Gasteiger partial charge < -0.3 is 14.5 Å². The molecule has 3 atom stereocenters. The van der Waals surface area contributed by atoms with E-state index in [-0.39, 0.29) is 17.2 Å². The van der Waals surface area contributed by atoms with E-state index >= 15 is 0 Å². The predicted molar refractivity (Wildman–Crippen MR) is 105 cm³/mol. The van der Waals surface area contributed by atoms with Gasteiger partial charge in [0.25, 0.3) is 5.22 Å². The summed E-state index contributed by atoms with van der Waals surface area (Å²) in [5, 5.41) is 11.5. The van der Waals surface area contributed by atoms with Crippen LogP contribution >= 0.6 is 11.8 Å². The van der Waals surface area contributed by atoms with Crippen LogP contribution in [0.4, 0.5) is 0 Å². The van der Waals surface area contributed by atoms with Crippen molar-refractivity contribution in [3.05, 3.63) is 35.7 Å². The normalized spacial score (nSPS) is 20.9. The number of methoxy groups -OCH3 is 1. The molecule has 0 bridgehead atoms. The number of ether oxygens (including phenoxy) is 1. The number of benzene rings is 1. The molecule has 146 valence electrons. The van der Waals surface area contributed by atoms with E-state index in [1.54, 1.807) is 7.11 Å². The lowest BCUT2D eigenvalue weighted by atomic mass is 9.86. The number of carbonyl (C=O) groups excluding carboxylic acids is 1. The van der Waals surface area contributed by atoms with Crippen molar-refractivity contribution in [2.45, 2.75) is 62.5 Å². The number of amides is 1. The van der Waals surface area contributed by atoms with Gasteiger partial charge in [-0.25, -0.2) is 0 Å². The van der Waals surface area contributed by atoms with Gasteiger partial charge in [-0.05, 0) is 43.4 Å². The van der Waals surface area contributed by atoms with Gasteiger partial charge in [0, 0.05) is 6.04 Å². The Balaban J connectivity index is 1.52. The third-order valence-electron chi connectivity index (χ3n) is 5.05. The fraction of sp³-hybridized carbons (Fsp3) is 0.550. The predicted octanol–water partition coefficient (Wildman–Crippen LogP) is 3.84. The van der Waals surface area contributed by atoms with Crippen molar-refractivity contribution >= 4 is 17.7 Å². The van der Waals surface area contributed by atoms with Crippen LogP contribution in [-0.4, -0.2) is 34.5 Å². The van der Waals surface area contributed by atoms with Gasteiger partial charge in [-0.3, -0.25) is 4.79 Å². The minimum Gasteiger partial charge on any atom is -0.497 e. The maximum atomic E-state index is 12.5. The van der Waals surface area contributed by atoms with E-state index in [9.17, 15) is 4.79 Å². The molecule has 3 unspecified atom stereocenters. The Morgan fingerprint density at radius 1 is 1.30 bits per heavy atom. The van der Waals surface area contributed by atoms with Crippen LogP contribution in [0.2, 0.25) is 0 Å². The highest BCUT2D eigenvalue weighted by molar-refractivity contribution is 8.00. The number of carbonyl (C=O) groups is 1. The second kappa shape index (κ2) is 9.26. The zero-order valence-corrected chi connectivity index (χ0v) is 16.9. The van der Waals surface area contributed by atoms with Crippen LogP contribution in [0.15, 0.2) is 33.9 Å². The molecule has 0 aliphatic heterocycles. The lowest BCUT2D eigenvalue weighted by Gasteiger charge is -2.30. The number of aromatic nitrogens is 2. The van der Waals surface area contributed by atoms with Gasteiger partial charge in [-0.1, -0.05) is 43.7 Å². The van der Waals surface area contributed by atoms with Gasteiger partial charge in [-0.2, -0.15) is 0 Å². The average Bonchev–Trinajstić information content (AvgIpc) is 3.11. The largest absolute Gasteiger partial charge is 0.497 e. The van der Waals surface area contributed by atoms with E-state index in [0.717, 1.165) is 17.7 Å². The van der Waals surface area contributed by atoms with E-state index in [1.165, 1.54) is 31.0 Å². The van der Waals surface area contributed by atoms with Crippen LogP contribution in [0.5, 0.6) is 5.75 Å². The smallest absolute Gasteiger partial charge is 0.277 e. The number of nitrogens with one attached hydrogen (secondary N) is 1. The molecule has 1 saturated carbocycles. The number of rotatable bonds is 7. The van der Waals surface area contributed by atoms with Crippen molar-refractivity contribution in [2.75, 3.05) is 7.11 Å². The highest BCUT2D eigenvalue weighted by Gasteiger charge is 2.26. The fourth-order valence-corrected chi connectivity index (χ4v) is 4.02. The van der Waals surface area contributed by atoms with Gasteiger partial charge in [-0.15, -0.1) is 10.2 Å². The van der Waals surface area contributed by atoms with Gasteiger partial charge in [0.05, 0.1) is 18.8 Å². The lowest BCUT2D eigenvalue weighted by molar-refractivity contribution is -0.121. The van der Waals surface area contributed by atoms with Crippen molar-refractivity contribution in [2.24, 2.45) is 5.92 Å². The van der Waals surface area contributed by atoms with Crippen molar-refractivity contribution in [1.29, 1.82) is 0 Å². The Morgan fingerprint density at radius 2 is 2.04 bits per heavy atom. The second-order valence-corrected chi connectivity index (χ2v) is 8.42. The number of nitrogens with zero attached hydrogens (tertiary/aromatic N) is 2. The molecule has 7 heteroatoms. The molecule has 1 aromatic carbocycles. The maximum absolute atomic E-state index is 12.5. The molecular formula is C20H27N3O3S. The van der Waals surface area contributed by atoms with E-state index in [2.05, 4.69) is 22.4 Å². The molecule has 27 heavy (non-hydrogen) atoms. The Labute approximate surface area is 164 Å². The van der Waals surface area contributed by atoms with Crippen LogP contribution in [0, 0.1) is 5.92 Å². The number of thioether (sulfide) groups is 1. The van der Waals surface area contributed by atoms with Crippen molar-refractivity contribution in [3.63, 3.8) is 0 Å². The Morgan fingerprint density at radius 3 is 2.74 bits per heavy atom. The Bertz CT molecular complexity index is 747. The van der Waals surface area contributed by atoms with E-state index in [1.807, 2.05) is 31.2 Å². The third kappa shape index (κ3) is 5.48. The topological polar surface area (TPSA) is 77.2 Å². The summed E-state index contributed by atoms with van der Waals surface area (Å²) in [6.07, 6.45) is 5.26. The molecule has 1 amide bonds. The fourth-order valence-electron chi connectivity index (χ4n) is 3.31. The van der Waals surface area contributed by atoms with Crippen LogP contribution in [0.3, 0.4) is 0 Å². The van der Waals surface area contributed by atoms with E-state index in [4.69, 9.17) is 9.15 Å². The molecule has 6 nitrogen and oxygen atoms in total. The van der Waals surface area contributed by atoms with Crippen molar-refractivity contribution in [3.8, 4) is 5.75 Å². The highest BCUT2D eigenvalue weighted by Crippen LogP contribution is 2.26. The van der Waals surface area contributed by atoms with Gasteiger partial charge in [0.1, 0.15) is 5.75 Å². The summed E-state index contributed by atoms with van der Waals surface area (Å²) in [4.78, 5) is 12.5. The maximum Gasteiger partial charge on any atom is 0.277 e. The SMILES string of the molecule is COc1ccc(Cc2nnc(SC(C)C(=O)NC3CCCCC3C)o2)cc1. The highest BCUT2D eigenvalue weighted by atomic mass is 32.2. The zero-order chi connectivity index (χ0) is 19.2. The minimum absolute atomic E-state index is 0.0358. The first-order chi connectivity index (χ1) is 13.0. The third-order valence-corrected chi connectivity index (χ3v) is 5.98. The molecule has 1 fully saturated rings. The average molecular weight is 390 g/mol. The number of hydrogen-bond acceptors (Lipinski definition) is 6. The molecule has 3 rings (SSSR count).